The van der Waals surface area contributed by atoms with E-state index in [1.807, 2.05) is 47.4 Å². The van der Waals surface area contributed by atoms with Gasteiger partial charge in [-0.2, -0.15) is 0 Å². The van der Waals surface area contributed by atoms with Crippen LogP contribution in [0, 0.1) is 10.1 Å². The summed E-state index contributed by atoms with van der Waals surface area (Å²) in [6, 6.07) is 20.3. The number of carbonyl (C=O) groups is 2. The summed E-state index contributed by atoms with van der Waals surface area (Å²) < 4.78 is 0. The highest BCUT2D eigenvalue weighted by molar-refractivity contribution is 6.34. The quantitative estimate of drug-likeness (QED) is 0.444. The van der Waals surface area contributed by atoms with E-state index in [2.05, 4.69) is 10.2 Å². The average Bonchev–Trinajstić information content (AvgIpc) is 2.85. The second kappa shape index (κ2) is 9.70. The number of halogens is 1. The summed E-state index contributed by atoms with van der Waals surface area (Å²) in [7, 11) is 0. The molecule has 0 aliphatic carbocycles. The lowest BCUT2D eigenvalue weighted by Gasteiger charge is -2.36. The third kappa shape index (κ3) is 5.12. The van der Waals surface area contributed by atoms with E-state index in [0.29, 0.717) is 37.4 Å². The smallest absolute Gasteiger partial charge is 0.270 e. The first kappa shape index (κ1) is 22.3. The maximum atomic E-state index is 12.6. The van der Waals surface area contributed by atoms with E-state index >= 15 is 0 Å². The van der Waals surface area contributed by atoms with Crippen LogP contribution in [0.5, 0.6) is 0 Å². The van der Waals surface area contributed by atoms with Crippen LogP contribution in [-0.4, -0.2) is 47.8 Å². The maximum Gasteiger partial charge on any atom is 0.270 e. The predicted octanol–water partition coefficient (Wildman–Crippen LogP) is 4.46. The fourth-order valence-corrected chi connectivity index (χ4v) is 3.89. The molecule has 3 aromatic rings. The van der Waals surface area contributed by atoms with Crippen LogP contribution in [-0.2, 0) is 0 Å². The molecule has 9 heteroatoms. The lowest BCUT2D eigenvalue weighted by atomic mass is 10.1. The molecule has 33 heavy (non-hydrogen) atoms. The molecule has 2 amide bonds. The van der Waals surface area contributed by atoms with Gasteiger partial charge in [-0.15, -0.1) is 0 Å². The number of non-ortho nitro benzene ring substituents is 1. The molecule has 0 bridgehead atoms. The molecule has 0 radical (unpaired) electrons. The minimum atomic E-state index is -0.574. The van der Waals surface area contributed by atoms with Crippen molar-refractivity contribution >= 4 is 40.5 Å². The monoisotopic (exact) mass is 464 g/mol. The van der Waals surface area contributed by atoms with Gasteiger partial charge in [0, 0.05) is 55.2 Å². The summed E-state index contributed by atoms with van der Waals surface area (Å²) >= 11 is 6.04. The zero-order valence-corrected chi connectivity index (χ0v) is 18.4. The second-order valence-corrected chi connectivity index (χ2v) is 7.97. The van der Waals surface area contributed by atoms with Gasteiger partial charge in [0.1, 0.15) is 0 Å². The number of nitrogens with one attached hydrogen (secondary N) is 1. The Balaban J connectivity index is 1.36. The first-order valence-electron chi connectivity index (χ1n) is 10.4. The van der Waals surface area contributed by atoms with E-state index in [-0.39, 0.29) is 22.2 Å². The van der Waals surface area contributed by atoms with Crippen LogP contribution < -0.4 is 10.2 Å². The number of carbonyl (C=O) groups excluding carboxylic acids is 2. The lowest BCUT2D eigenvalue weighted by Crippen LogP contribution is -2.48. The van der Waals surface area contributed by atoms with Crippen molar-refractivity contribution in [1.29, 1.82) is 0 Å². The molecular formula is C24H21ClN4O4. The third-order valence-electron chi connectivity index (χ3n) is 5.48. The van der Waals surface area contributed by atoms with Crippen LogP contribution in [0.1, 0.15) is 20.7 Å². The summed E-state index contributed by atoms with van der Waals surface area (Å²) in [4.78, 5) is 39.6. The summed E-state index contributed by atoms with van der Waals surface area (Å²) in [6.07, 6.45) is 0. The number of piperazine rings is 1. The van der Waals surface area contributed by atoms with Gasteiger partial charge in [-0.3, -0.25) is 19.7 Å². The Kier molecular flexibility index (Phi) is 6.55. The van der Waals surface area contributed by atoms with Gasteiger partial charge in [-0.25, -0.2) is 0 Å². The van der Waals surface area contributed by atoms with Crippen LogP contribution in [0.15, 0.2) is 72.8 Å². The fourth-order valence-electron chi connectivity index (χ4n) is 3.69. The molecule has 1 saturated heterocycles. The van der Waals surface area contributed by atoms with Gasteiger partial charge in [-0.05, 0) is 42.5 Å². The Labute approximate surface area is 195 Å². The minimum absolute atomic E-state index is 0.0353. The van der Waals surface area contributed by atoms with Crippen LogP contribution in [0.3, 0.4) is 0 Å². The van der Waals surface area contributed by atoms with Gasteiger partial charge in [0.25, 0.3) is 17.5 Å². The highest BCUT2D eigenvalue weighted by Crippen LogP contribution is 2.24. The number of anilines is 2. The van der Waals surface area contributed by atoms with Gasteiger partial charge in [0.15, 0.2) is 0 Å². The Bertz CT molecular complexity index is 1180. The molecule has 0 aromatic heterocycles. The maximum absolute atomic E-state index is 12.6. The average molecular weight is 465 g/mol. The Morgan fingerprint density at radius 2 is 1.58 bits per heavy atom. The Morgan fingerprint density at radius 1 is 0.909 bits per heavy atom. The first-order valence-corrected chi connectivity index (χ1v) is 10.7. The van der Waals surface area contributed by atoms with Crippen molar-refractivity contribution in [2.45, 2.75) is 0 Å². The van der Waals surface area contributed by atoms with Crippen molar-refractivity contribution in [2.75, 3.05) is 36.4 Å². The molecular weight excluding hydrogens is 444 g/mol. The van der Waals surface area contributed by atoms with Crippen molar-refractivity contribution in [3.05, 3.63) is 99.1 Å². The van der Waals surface area contributed by atoms with E-state index in [4.69, 9.17) is 11.6 Å². The molecule has 0 atom stereocenters. The summed E-state index contributed by atoms with van der Waals surface area (Å²) in [6.45, 7) is 2.65. The number of nitrogens with zero attached hydrogens (tertiary/aromatic N) is 3. The van der Waals surface area contributed by atoms with Gasteiger partial charge >= 0.3 is 0 Å². The predicted molar refractivity (Wildman–Crippen MR) is 127 cm³/mol. The van der Waals surface area contributed by atoms with E-state index in [0.717, 1.165) is 11.8 Å². The largest absolute Gasteiger partial charge is 0.368 e. The van der Waals surface area contributed by atoms with E-state index in [1.165, 1.54) is 12.1 Å². The van der Waals surface area contributed by atoms with Crippen molar-refractivity contribution < 1.29 is 14.5 Å². The number of hydrogen-bond donors (Lipinski definition) is 1. The Morgan fingerprint density at radius 3 is 2.21 bits per heavy atom. The van der Waals surface area contributed by atoms with Crippen LogP contribution in [0.4, 0.5) is 17.1 Å². The van der Waals surface area contributed by atoms with Crippen LogP contribution in [0.25, 0.3) is 0 Å². The molecule has 1 aliphatic heterocycles. The molecule has 3 aromatic carbocycles. The summed E-state index contributed by atoms with van der Waals surface area (Å²) in [5.41, 5.74) is 2.05. The SMILES string of the molecule is O=C(Nc1ccc(N2CCN(C(=O)c3ccccc3)CC2)cc1)c1cc([N+](=O)[O-])ccc1Cl. The number of rotatable bonds is 5. The molecule has 8 nitrogen and oxygen atoms in total. The Hall–Kier alpha value is -3.91. The molecule has 1 aliphatic rings. The van der Waals surface area contributed by atoms with Crippen LogP contribution >= 0.6 is 11.6 Å². The van der Waals surface area contributed by atoms with Gasteiger partial charge in [-0.1, -0.05) is 29.8 Å². The number of nitro benzene ring substituents is 1. The summed E-state index contributed by atoms with van der Waals surface area (Å²) in [5, 5.41) is 13.8. The van der Waals surface area contributed by atoms with Crippen molar-refractivity contribution in [3.63, 3.8) is 0 Å². The molecule has 0 saturated carbocycles. The molecule has 168 valence electrons. The van der Waals surface area contributed by atoms with Gasteiger partial charge < -0.3 is 15.1 Å². The molecule has 0 spiro atoms. The number of amides is 2. The zero-order valence-electron chi connectivity index (χ0n) is 17.6. The summed E-state index contributed by atoms with van der Waals surface area (Å²) in [5.74, 6) is -0.488. The topological polar surface area (TPSA) is 95.8 Å². The van der Waals surface area contributed by atoms with E-state index < -0.39 is 10.8 Å². The van der Waals surface area contributed by atoms with Crippen LogP contribution in [0.2, 0.25) is 5.02 Å². The minimum Gasteiger partial charge on any atom is -0.368 e. The second-order valence-electron chi connectivity index (χ2n) is 7.57. The van der Waals surface area contributed by atoms with Crippen molar-refractivity contribution in [3.8, 4) is 0 Å². The molecule has 1 N–H and O–H groups in total. The van der Waals surface area contributed by atoms with Crippen molar-refractivity contribution in [2.24, 2.45) is 0 Å². The fraction of sp³-hybridized carbons (Fsp3) is 0.167. The van der Waals surface area contributed by atoms with E-state index in [9.17, 15) is 19.7 Å². The first-order chi connectivity index (χ1) is 15.9. The molecule has 1 heterocycles. The number of hydrogen-bond acceptors (Lipinski definition) is 5. The zero-order chi connectivity index (χ0) is 23.4. The standard InChI is InChI=1S/C24H21ClN4O4/c25-22-11-10-20(29(32)33)16-21(22)23(30)26-18-6-8-19(9-7-18)27-12-14-28(15-13-27)24(31)17-4-2-1-3-5-17/h1-11,16H,12-15H2,(H,26,30). The molecule has 1 fully saturated rings. The van der Waals surface area contributed by atoms with Gasteiger partial charge in [0.05, 0.1) is 15.5 Å². The molecule has 0 unspecified atom stereocenters. The number of nitro groups is 1. The van der Waals surface area contributed by atoms with E-state index in [1.54, 1.807) is 12.1 Å². The number of benzene rings is 3. The van der Waals surface area contributed by atoms with Gasteiger partial charge in [0.2, 0.25) is 0 Å². The molecule has 4 rings (SSSR count). The normalized spacial score (nSPS) is 13.5. The highest BCUT2D eigenvalue weighted by atomic mass is 35.5. The lowest BCUT2D eigenvalue weighted by molar-refractivity contribution is -0.384. The highest BCUT2D eigenvalue weighted by Gasteiger charge is 2.22. The van der Waals surface area contributed by atoms with Crippen molar-refractivity contribution in [1.82, 2.24) is 4.90 Å². The third-order valence-corrected chi connectivity index (χ3v) is 5.81.